The van der Waals surface area contributed by atoms with Crippen molar-refractivity contribution in [3.05, 3.63) is 59.4 Å². The van der Waals surface area contributed by atoms with Gasteiger partial charge in [-0.3, -0.25) is 0 Å². The van der Waals surface area contributed by atoms with Gasteiger partial charge in [-0.1, -0.05) is 30.3 Å². The van der Waals surface area contributed by atoms with Crippen molar-refractivity contribution in [2.24, 2.45) is 0 Å². The number of hydrogen-bond acceptors (Lipinski definition) is 1. The number of carbonyl (C=O) groups is 1. The van der Waals surface area contributed by atoms with E-state index in [9.17, 15) is 4.79 Å². The Balaban J connectivity index is 1.85. The average Bonchev–Trinajstić information content (AvgIpc) is 2.77. The second-order valence-electron chi connectivity index (χ2n) is 4.79. The van der Waals surface area contributed by atoms with Crippen molar-refractivity contribution in [2.45, 2.75) is 32.7 Å². The largest absolute Gasteiger partial charge is 0.477 e. The number of carboxylic acid groups (broad SMARTS) is 1. The van der Waals surface area contributed by atoms with E-state index in [1.807, 2.05) is 42.0 Å². The number of rotatable bonds is 6. The normalized spacial score (nSPS) is 10.6. The molecule has 2 rings (SSSR count). The zero-order valence-corrected chi connectivity index (χ0v) is 11.2. The number of aromatic nitrogens is 1. The third-order valence-electron chi connectivity index (χ3n) is 3.33. The number of unbranched alkanes of at least 4 members (excludes halogenated alkanes) is 1. The summed E-state index contributed by atoms with van der Waals surface area (Å²) < 4.78 is 1.84. The first kappa shape index (κ1) is 13.4. The zero-order chi connectivity index (χ0) is 13.7. The van der Waals surface area contributed by atoms with Crippen molar-refractivity contribution in [3.63, 3.8) is 0 Å². The summed E-state index contributed by atoms with van der Waals surface area (Å²) in [5.74, 6) is -0.842. The molecule has 0 saturated heterocycles. The number of benzene rings is 1. The first-order valence-corrected chi connectivity index (χ1v) is 6.61. The topological polar surface area (TPSA) is 42.2 Å². The fourth-order valence-corrected chi connectivity index (χ4v) is 2.32. The number of aryl methyl sites for hydroxylation is 3. The molecule has 0 spiro atoms. The third-order valence-corrected chi connectivity index (χ3v) is 3.33. The minimum absolute atomic E-state index is 0.416. The van der Waals surface area contributed by atoms with Crippen LogP contribution in [0, 0.1) is 6.92 Å². The van der Waals surface area contributed by atoms with E-state index in [0.717, 1.165) is 31.4 Å². The highest BCUT2D eigenvalue weighted by Crippen LogP contribution is 2.12. The summed E-state index contributed by atoms with van der Waals surface area (Å²) in [6.07, 6.45) is 4.97. The smallest absolute Gasteiger partial charge is 0.352 e. The maximum absolute atomic E-state index is 11.1. The lowest BCUT2D eigenvalue weighted by molar-refractivity contribution is 0.0684. The van der Waals surface area contributed by atoms with E-state index in [2.05, 4.69) is 12.1 Å². The molecule has 100 valence electrons. The predicted octanol–water partition coefficient (Wildman–Crippen LogP) is 3.52. The van der Waals surface area contributed by atoms with Crippen LogP contribution in [0.1, 0.15) is 34.5 Å². The molecule has 1 aromatic carbocycles. The number of hydrogen-bond donors (Lipinski definition) is 1. The SMILES string of the molecule is Cc1ccn(CCCCc2ccccc2)c1C(=O)O. The van der Waals surface area contributed by atoms with Crippen molar-refractivity contribution < 1.29 is 9.90 Å². The van der Waals surface area contributed by atoms with Crippen LogP contribution in [-0.2, 0) is 13.0 Å². The quantitative estimate of drug-likeness (QED) is 0.804. The molecule has 1 N–H and O–H groups in total. The minimum Gasteiger partial charge on any atom is -0.477 e. The summed E-state index contributed by atoms with van der Waals surface area (Å²) in [5.41, 5.74) is 2.58. The Hall–Kier alpha value is -2.03. The molecule has 0 unspecified atom stereocenters. The van der Waals surface area contributed by atoms with Crippen LogP contribution in [-0.4, -0.2) is 15.6 Å². The van der Waals surface area contributed by atoms with E-state index in [1.54, 1.807) is 0 Å². The third kappa shape index (κ3) is 3.47. The van der Waals surface area contributed by atoms with Gasteiger partial charge in [-0.25, -0.2) is 4.79 Å². The molecule has 0 radical (unpaired) electrons. The summed E-state index contributed by atoms with van der Waals surface area (Å²) in [6, 6.07) is 12.2. The van der Waals surface area contributed by atoms with Gasteiger partial charge in [-0.2, -0.15) is 0 Å². The van der Waals surface area contributed by atoms with E-state index in [-0.39, 0.29) is 0 Å². The highest BCUT2D eigenvalue weighted by molar-refractivity contribution is 5.87. The van der Waals surface area contributed by atoms with Gasteiger partial charge in [0.2, 0.25) is 0 Å². The van der Waals surface area contributed by atoms with Crippen molar-refractivity contribution >= 4 is 5.97 Å². The van der Waals surface area contributed by atoms with E-state index >= 15 is 0 Å². The molecule has 0 atom stereocenters. The van der Waals surface area contributed by atoms with Crippen LogP contribution in [0.25, 0.3) is 0 Å². The molecule has 3 heteroatoms. The highest BCUT2D eigenvalue weighted by atomic mass is 16.4. The summed E-state index contributed by atoms with van der Waals surface area (Å²) in [4.78, 5) is 11.1. The molecule has 0 aliphatic carbocycles. The molecular formula is C16H19NO2. The fourth-order valence-electron chi connectivity index (χ4n) is 2.32. The molecule has 1 aromatic heterocycles. The van der Waals surface area contributed by atoms with Gasteiger partial charge in [0, 0.05) is 12.7 Å². The molecule has 3 nitrogen and oxygen atoms in total. The van der Waals surface area contributed by atoms with Gasteiger partial charge >= 0.3 is 5.97 Å². The van der Waals surface area contributed by atoms with E-state index < -0.39 is 5.97 Å². The lowest BCUT2D eigenvalue weighted by Gasteiger charge is -2.07. The predicted molar refractivity (Wildman–Crippen MR) is 75.5 cm³/mol. The summed E-state index contributed by atoms with van der Waals surface area (Å²) >= 11 is 0. The van der Waals surface area contributed by atoms with Crippen LogP contribution in [0.4, 0.5) is 0 Å². The second kappa shape index (κ2) is 6.23. The fraction of sp³-hybridized carbons (Fsp3) is 0.312. The Morgan fingerprint density at radius 2 is 1.89 bits per heavy atom. The lowest BCUT2D eigenvalue weighted by Crippen LogP contribution is -2.09. The van der Waals surface area contributed by atoms with Gasteiger partial charge in [0.25, 0.3) is 0 Å². The van der Waals surface area contributed by atoms with Crippen molar-refractivity contribution in [2.75, 3.05) is 0 Å². The lowest BCUT2D eigenvalue weighted by atomic mass is 10.1. The molecular weight excluding hydrogens is 238 g/mol. The first-order chi connectivity index (χ1) is 9.18. The van der Waals surface area contributed by atoms with Gasteiger partial charge < -0.3 is 9.67 Å². The Kier molecular flexibility index (Phi) is 4.39. The van der Waals surface area contributed by atoms with Crippen molar-refractivity contribution in [1.29, 1.82) is 0 Å². The first-order valence-electron chi connectivity index (χ1n) is 6.61. The molecule has 0 fully saturated rings. The van der Waals surface area contributed by atoms with Crippen LogP contribution in [0.5, 0.6) is 0 Å². The van der Waals surface area contributed by atoms with E-state index in [4.69, 9.17) is 5.11 Å². The molecule has 2 aromatic rings. The van der Waals surface area contributed by atoms with Gasteiger partial charge in [0.15, 0.2) is 0 Å². The van der Waals surface area contributed by atoms with Crippen LogP contribution in [0.2, 0.25) is 0 Å². The minimum atomic E-state index is -0.842. The van der Waals surface area contributed by atoms with Crippen LogP contribution < -0.4 is 0 Å². The highest BCUT2D eigenvalue weighted by Gasteiger charge is 2.12. The van der Waals surface area contributed by atoms with Gasteiger partial charge in [0.1, 0.15) is 5.69 Å². The second-order valence-corrected chi connectivity index (χ2v) is 4.79. The molecule has 1 heterocycles. The molecule has 0 saturated carbocycles. The molecule has 0 aliphatic rings. The molecule has 0 amide bonds. The summed E-state index contributed by atoms with van der Waals surface area (Å²) in [6.45, 7) is 2.60. The summed E-state index contributed by atoms with van der Waals surface area (Å²) in [7, 11) is 0. The van der Waals surface area contributed by atoms with Crippen molar-refractivity contribution in [1.82, 2.24) is 4.57 Å². The Morgan fingerprint density at radius 1 is 1.16 bits per heavy atom. The monoisotopic (exact) mass is 257 g/mol. The van der Waals surface area contributed by atoms with Crippen LogP contribution >= 0.6 is 0 Å². The maximum atomic E-state index is 11.1. The number of carboxylic acids is 1. The number of nitrogens with zero attached hydrogens (tertiary/aromatic N) is 1. The van der Waals surface area contributed by atoms with Crippen molar-refractivity contribution in [3.8, 4) is 0 Å². The van der Waals surface area contributed by atoms with E-state index in [0.29, 0.717) is 5.69 Å². The van der Waals surface area contributed by atoms with Gasteiger partial charge in [0.05, 0.1) is 0 Å². The van der Waals surface area contributed by atoms with Crippen LogP contribution in [0.3, 0.4) is 0 Å². The maximum Gasteiger partial charge on any atom is 0.352 e. The summed E-state index contributed by atoms with van der Waals surface area (Å²) in [5, 5.41) is 9.15. The number of aromatic carboxylic acids is 1. The molecule has 0 aliphatic heterocycles. The zero-order valence-electron chi connectivity index (χ0n) is 11.2. The standard InChI is InChI=1S/C16H19NO2/c1-13-10-12-17(15(13)16(18)19)11-6-5-9-14-7-3-2-4-8-14/h2-4,7-8,10,12H,5-6,9,11H2,1H3,(H,18,19). The average molecular weight is 257 g/mol. The van der Waals surface area contributed by atoms with Gasteiger partial charge in [-0.05, 0) is 43.4 Å². The van der Waals surface area contributed by atoms with Crippen LogP contribution in [0.15, 0.2) is 42.6 Å². The molecule has 0 bridgehead atoms. The Bertz CT molecular complexity index is 543. The Labute approximate surface area is 113 Å². The van der Waals surface area contributed by atoms with E-state index in [1.165, 1.54) is 5.56 Å². The Morgan fingerprint density at radius 3 is 2.58 bits per heavy atom. The van der Waals surface area contributed by atoms with Gasteiger partial charge in [-0.15, -0.1) is 0 Å². The molecule has 19 heavy (non-hydrogen) atoms.